The SMILES string of the molecule is CN1CCN(c2ccc(C(N)=O)c([C@@H](C(=O)N3C[C@H](C(F)F)[C@H]4OCC(=O)[C@H]43)C3CCCC3)c2)CC1. The minimum absolute atomic E-state index is 0.0557. The molecule has 0 radical (unpaired) electrons. The van der Waals surface area contributed by atoms with Gasteiger partial charge in [0.25, 0.3) is 0 Å². The van der Waals surface area contributed by atoms with Crippen molar-refractivity contribution in [2.24, 2.45) is 17.6 Å². The highest BCUT2D eigenvalue weighted by atomic mass is 19.3. The van der Waals surface area contributed by atoms with E-state index >= 15 is 0 Å². The standard InChI is InChI=1S/C26H34F2N4O4/c1-30-8-10-31(11-9-30)16-6-7-17(25(29)34)18(12-16)21(15-4-2-3-5-15)26(35)32-13-19(24(27)28)23-22(32)20(33)14-36-23/h6-7,12,15,19,21-24H,2-5,8-11,13-14H2,1H3,(H2,29,34)/t19-,21-,22+,23+/m0/s1. The van der Waals surface area contributed by atoms with E-state index in [4.69, 9.17) is 10.5 Å². The molecule has 5 rings (SSSR count). The average Bonchev–Trinajstić information content (AvgIpc) is 3.58. The summed E-state index contributed by atoms with van der Waals surface area (Å²) < 4.78 is 33.1. The number of Topliss-reactive ketones (excluding diaryl/α,β-unsaturated/α-hetero) is 1. The van der Waals surface area contributed by atoms with Crippen LogP contribution in [0, 0.1) is 11.8 Å². The molecule has 1 saturated carbocycles. The number of likely N-dealkylation sites (tertiary alicyclic amines) is 1. The second-order valence-corrected chi connectivity index (χ2v) is 10.6. The number of likely N-dealkylation sites (N-methyl/N-ethyl adjacent to an activating group) is 1. The van der Waals surface area contributed by atoms with Gasteiger partial charge in [-0.25, -0.2) is 8.78 Å². The van der Waals surface area contributed by atoms with Gasteiger partial charge in [-0.3, -0.25) is 14.4 Å². The molecular formula is C26H34F2N4O4. The summed E-state index contributed by atoms with van der Waals surface area (Å²) in [6, 6.07) is 4.42. The number of ketones is 1. The summed E-state index contributed by atoms with van der Waals surface area (Å²) in [5.74, 6) is -3.34. The molecule has 3 aliphatic heterocycles. The number of carbonyl (C=O) groups excluding carboxylic acids is 3. The average molecular weight is 505 g/mol. The molecule has 2 N–H and O–H groups in total. The molecule has 196 valence electrons. The summed E-state index contributed by atoms with van der Waals surface area (Å²) in [6.45, 7) is 2.92. The first-order valence-corrected chi connectivity index (χ1v) is 12.9. The van der Waals surface area contributed by atoms with Gasteiger partial charge in [0.15, 0.2) is 5.78 Å². The van der Waals surface area contributed by atoms with E-state index in [0.29, 0.717) is 5.56 Å². The molecule has 10 heteroatoms. The molecule has 4 fully saturated rings. The lowest BCUT2D eigenvalue weighted by Crippen LogP contribution is -2.46. The zero-order valence-corrected chi connectivity index (χ0v) is 20.6. The summed E-state index contributed by atoms with van der Waals surface area (Å²) in [4.78, 5) is 45.1. The Bertz CT molecular complexity index is 1020. The number of piperazine rings is 1. The number of benzene rings is 1. The normalized spacial score (nSPS) is 28.2. The van der Waals surface area contributed by atoms with E-state index in [9.17, 15) is 23.2 Å². The molecular weight excluding hydrogens is 470 g/mol. The fourth-order valence-corrected chi connectivity index (χ4v) is 6.49. The Morgan fingerprint density at radius 2 is 1.81 bits per heavy atom. The highest BCUT2D eigenvalue weighted by Gasteiger charge is 2.56. The largest absolute Gasteiger partial charge is 0.369 e. The quantitative estimate of drug-likeness (QED) is 0.636. The number of nitrogens with two attached hydrogens (primary N) is 1. The lowest BCUT2D eigenvalue weighted by Gasteiger charge is -2.35. The number of hydrogen-bond acceptors (Lipinski definition) is 6. The topological polar surface area (TPSA) is 96.2 Å². The molecule has 0 aromatic heterocycles. The number of nitrogens with zero attached hydrogens (tertiary/aromatic N) is 3. The first-order valence-electron chi connectivity index (χ1n) is 12.9. The summed E-state index contributed by atoms with van der Waals surface area (Å²) in [7, 11) is 2.07. The van der Waals surface area contributed by atoms with Gasteiger partial charge in [0.05, 0.1) is 17.9 Å². The molecule has 2 amide bonds. The van der Waals surface area contributed by atoms with E-state index in [1.165, 1.54) is 4.90 Å². The van der Waals surface area contributed by atoms with Gasteiger partial charge in [0.2, 0.25) is 18.2 Å². The molecule has 4 aliphatic rings. The number of carbonyl (C=O) groups is 3. The first kappa shape index (κ1) is 25.1. The Balaban J connectivity index is 1.54. The van der Waals surface area contributed by atoms with Crippen LogP contribution in [0.5, 0.6) is 0 Å². The summed E-state index contributed by atoms with van der Waals surface area (Å²) in [6.07, 6.45) is -0.208. The number of alkyl halides is 2. The first-order chi connectivity index (χ1) is 17.3. The van der Waals surface area contributed by atoms with Crippen LogP contribution in [-0.2, 0) is 14.3 Å². The molecule has 3 heterocycles. The molecule has 1 aromatic carbocycles. The van der Waals surface area contributed by atoms with Crippen molar-refractivity contribution >= 4 is 23.3 Å². The van der Waals surface area contributed by atoms with E-state index in [2.05, 4.69) is 16.8 Å². The Hall–Kier alpha value is -2.59. The fraction of sp³-hybridized carbons (Fsp3) is 0.654. The van der Waals surface area contributed by atoms with E-state index in [0.717, 1.165) is 57.5 Å². The number of anilines is 1. The molecule has 0 spiro atoms. The van der Waals surface area contributed by atoms with Crippen molar-refractivity contribution in [2.75, 3.05) is 51.3 Å². The number of fused-ring (bicyclic) bond motifs is 1. The Labute approximate surface area is 209 Å². The summed E-state index contributed by atoms with van der Waals surface area (Å²) in [5, 5.41) is 0. The van der Waals surface area contributed by atoms with Gasteiger partial charge in [0, 0.05) is 44.0 Å². The number of halogens is 2. The van der Waals surface area contributed by atoms with Gasteiger partial charge >= 0.3 is 0 Å². The molecule has 1 aromatic rings. The second-order valence-electron chi connectivity index (χ2n) is 10.6. The van der Waals surface area contributed by atoms with Crippen LogP contribution in [-0.4, -0.2) is 92.3 Å². The monoisotopic (exact) mass is 504 g/mol. The van der Waals surface area contributed by atoms with Crippen LogP contribution in [0.1, 0.15) is 47.5 Å². The summed E-state index contributed by atoms with van der Waals surface area (Å²) in [5.41, 5.74) is 7.48. The van der Waals surface area contributed by atoms with E-state index in [-0.39, 0.29) is 36.3 Å². The Morgan fingerprint density at radius 3 is 2.44 bits per heavy atom. The third-order valence-corrected chi connectivity index (χ3v) is 8.47. The highest BCUT2D eigenvalue weighted by Crippen LogP contribution is 2.44. The van der Waals surface area contributed by atoms with Crippen molar-refractivity contribution in [3.05, 3.63) is 29.3 Å². The highest BCUT2D eigenvalue weighted by molar-refractivity contribution is 5.99. The maximum Gasteiger partial charge on any atom is 0.249 e. The van der Waals surface area contributed by atoms with Crippen LogP contribution in [0.4, 0.5) is 14.5 Å². The van der Waals surface area contributed by atoms with Crippen LogP contribution in [0.3, 0.4) is 0 Å². The van der Waals surface area contributed by atoms with Crippen molar-refractivity contribution in [3.63, 3.8) is 0 Å². The van der Waals surface area contributed by atoms with Gasteiger partial charge in [-0.15, -0.1) is 0 Å². The van der Waals surface area contributed by atoms with Crippen LogP contribution in [0.25, 0.3) is 0 Å². The number of rotatable bonds is 6. The van der Waals surface area contributed by atoms with Crippen LogP contribution < -0.4 is 10.6 Å². The maximum atomic E-state index is 14.2. The third kappa shape index (κ3) is 4.49. The fourth-order valence-electron chi connectivity index (χ4n) is 6.49. The lowest BCUT2D eigenvalue weighted by molar-refractivity contribution is -0.139. The van der Waals surface area contributed by atoms with Gasteiger partial charge in [-0.2, -0.15) is 0 Å². The van der Waals surface area contributed by atoms with Crippen LogP contribution in [0.15, 0.2) is 18.2 Å². The maximum absolute atomic E-state index is 14.2. The van der Waals surface area contributed by atoms with Crippen LogP contribution in [0.2, 0.25) is 0 Å². The van der Waals surface area contributed by atoms with Gasteiger partial charge in [-0.05, 0) is 49.6 Å². The van der Waals surface area contributed by atoms with Crippen molar-refractivity contribution < 1.29 is 27.9 Å². The lowest BCUT2D eigenvalue weighted by atomic mass is 9.80. The van der Waals surface area contributed by atoms with Crippen molar-refractivity contribution in [1.82, 2.24) is 9.80 Å². The predicted octanol–water partition coefficient (Wildman–Crippen LogP) is 1.87. The van der Waals surface area contributed by atoms with E-state index in [1.54, 1.807) is 6.07 Å². The van der Waals surface area contributed by atoms with Crippen LogP contribution >= 0.6 is 0 Å². The summed E-state index contributed by atoms with van der Waals surface area (Å²) >= 11 is 0. The van der Waals surface area contributed by atoms with Gasteiger partial charge in [0.1, 0.15) is 12.6 Å². The smallest absolute Gasteiger partial charge is 0.249 e. The second kappa shape index (κ2) is 10.0. The minimum Gasteiger partial charge on any atom is -0.369 e. The molecule has 0 bridgehead atoms. The molecule has 36 heavy (non-hydrogen) atoms. The number of primary amides is 1. The number of ether oxygens (including phenoxy) is 1. The Morgan fingerprint density at radius 1 is 1.11 bits per heavy atom. The number of amides is 2. The Kier molecular flexibility index (Phi) is 7.00. The zero-order valence-electron chi connectivity index (χ0n) is 20.6. The minimum atomic E-state index is -2.70. The zero-order chi connectivity index (χ0) is 25.6. The van der Waals surface area contributed by atoms with Crippen molar-refractivity contribution in [3.8, 4) is 0 Å². The van der Waals surface area contributed by atoms with Gasteiger partial charge < -0.3 is 25.2 Å². The third-order valence-electron chi connectivity index (χ3n) is 8.47. The van der Waals surface area contributed by atoms with E-state index in [1.807, 2.05) is 12.1 Å². The molecule has 1 aliphatic carbocycles. The number of hydrogen-bond donors (Lipinski definition) is 1. The molecule has 4 atom stereocenters. The van der Waals surface area contributed by atoms with E-state index < -0.39 is 36.3 Å². The molecule has 0 unspecified atom stereocenters. The molecule has 8 nitrogen and oxygen atoms in total. The van der Waals surface area contributed by atoms with Crippen molar-refractivity contribution in [1.29, 1.82) is 0 Å². The van der Waals surface area contributed by atoms with Crippen molar-refractivity contribution in [2.45, 2.75) is 50.2 Å². The predicted molar refractivity (Wildman–Crippen MR) is 129 cm³/mol. The van der Waals surface area contributed by atoms with Gasteiger partial charge in [-0.1, -0.05) is 12.8 Å². The molecule has 3 saturated heterocycles.